The van der Waals surface area contributed by atoms with Crippen molar-refractivity contribution in [3.05, 3.63) is 29.8 Å². The molecule has 5 heteroatoms. The molecule has 0 saturated carbocycles. The number of para-hydroxylation sites is 1. The molecule has 2 aliphatic rings. The third-order valence-corrected chi connectivity index (χ3v) is 3.80. The zero-order chi connectivity index (χ0) is 13.8. The molecule has 0 radical (unpaired) electrons. The van der Waals surface area contributed by atoms with Gasteiger partial charge in [-0.2, -0.15) is 0 Å². The van der Waals surface area contributed by atoms with Gasteiger partial charge in [-0.1, -0.05) is 18.2 Å². The van der Waals surface area contributed by atoms with Gasteiger partial charge in [-0.05, 0) is 12.5 Å². The Labute approximate surface area is 118 Å². The number of fused-ring (bicyclic) bond motifs is 1. The van der Waals surface area contributed by atoms with E-state index in [4.69, 9.17) is 9.47 Å². The zero-order valence-corrected chi connectivity index (χ0v) is 11.4. The average molecular weight is 276 g/mol. The lowest BCUT2D eigenvalue weighted by Crippen LogP contribution is -2.49. The van der Waals surface area contributed by atoms with Gasteiger partial charge in [-0.3, -0.25) is 4.79 Å². The van der Waals surface area contributed by atoms with Crippen LogP contribution >= 0.6 is 0 Å². The van der Waals surface area contributed by atoms with E-state index in [1.165, 1.54) is 0 Å². The molecule has 1 amide bonds. The fourth-order valence-electron chi connectivity index (χ4n) is 2.71. The van der Waals surface area contributed by atoms with Gasteiger partial charge in [0.15, 0.2) is 0 Å². The minimum Gasteiger partial charge on any atom is -0.493 e. The molecule has 0 bridgehead atoms. The van der Waals surface area contributed by atoms with Gasteiger partial charge in [0.25, 0.3) is 0 Å². The Hall–Kier alpha value is -1.59. The highest BCUT2D eigenvalue weighted by Gasteiger charge is 2.27. The molecule has 0 aromatic heterocycles. The predicted molar refractivity (Wildman–Crippen MR) is 74.9 cm³/mol. The summed E-state index contributed by atoms with van der Waals surface area (Å²) in [4.78, 5) is 12.4. The van der Waals surface area contributed by atoms with Crippen LogP contribution in [0.2, 0.25) is 0 Å². The van der Waals surface area contributed by atoms with Crippen molar-refractivity contribution in [1.82, 2.24) is 10.6 Å². The molecule has 3 rings (SSSR count). The van der Waals surface area contributed by atoms with E-state index >= 15 is 0 Å². The summed E-state index contributed by atoms with van der Waals surface area (Å²) in [6.07, 6.45) is 0.734. The summed E-state index contributed by atoms with van der Waals surface area (Å²) in [6.45, 7) is 3.46. The number of ether oxygens (including phenoxy) is 2. The summed E-state index contributed by atoms with van der Waals surface area (Å²) in [6, 6.07) is 7.99. The standard InChI is InChI=1S/C15H20N2O3/c18-15(17-9-11-10-19-8-6-16-11)13-5-7-20-14-4-2-1-3-12(13)14/h1-4,11,13,16H,5-10H2,(H,17,18). The third-order valence-electron chi connectivity index (χ3n) is 3.80. The molecule has 5 nitrogen and oxygen atoms in total. The summed E-state index contributed by atoms with van der Waals surface area (Å²) in [7, 11) is 0. The summed E-state index contributed by atoms with van der Waals surface area (Å²) in [5, 5.41) is 6.36. The molecule has 2 N–H and O–H groups in total. The lowest BCUT2D eigenvalue weighted by atomic mass is 9.92. The normalized spacial score (nSPS) is 25.4. The molecule has 2 heterocycles. The van der Waals surface area contributed by atoms with Crippen LogP contribution in [0, 0.1) is 0 Å². The second-order valence-corrected chi connectivity index (χ2v) is 5.20. The number of nitrogens with one attached hydrogen (secondary N) is 2. The Morgan fingerprint density at radius 1 is 1.35 bits per heavy atom. The van der Waals surface area contributed by atoms with Gasteiger partial charge in [-0.15, -0.1) is 0 Å². The van der Waals surface area contributed by atoms with E-state index < -0.39 is 0 Å². The van der Waals surface area contributed by atoms with Crippen molar-refractivity contribution in [2.45, 2.75) is 18.4 Å². The smallest absolute Gasteiger partial charge is 0.227 e. The predicted octanol–water partition coefficient (Wildman–Crippen LogP) is 0.657. The van der Waals surface area contributed by atoms with Crippen molar-refractivity contribution in [1.29, 1.82) is 0 Å². The van der Waals surface area contributed by atoms with Crippen molar-refractivity contribution < 1.29 is 14.3 Å². The maximum absolute atomic E-state index is 12.4. The van der Waals surface area contributed by atoms with Crippen molar-refractivity contribution in [2.24, 2.45) is 0 Å². The Kier molecular flexibility index (Phi) is 4.18. The minimum absolute atomic E-state index is 0.0770. The van der Waals surface area contributed by atoms with Gasteiger partial charge in [0.1, 0.15) is 5.75 Å². The fourth-order valence-corrected chi connectivity index (χ4v) is 2.71. The van der Waals surface area contributed by atoms with Gasteiger partial charge in [0.05, 0.1) is 25.7 Å². The molecular formula is C15H20N2O3. The number of rotatable bonds is 3. The minimum atomic E-state index is -0.107. The molecule has 1 aromatic carbocycles. The maximum Gasteiger partial charge on any atom is 0.227 e. The molecule has 0 spiro atoms. The highest BCUT2D eigenvalue weighted by Crippen LogP contribution is 2.33. The molecule has 20 heavy (non-hydrogen) atoms. The largest absolute Gasteiger partial charge is 0.493 e. The molecule has 108 valence electrons. The van der Waals surface area contributed by atoms with Crippen LogP contribution in [0.4, 0.5) is 0 Å². The monoisotopic (exact) mass is 276 g/mol. The van der Waals surface area contributed by atoms with Crippen LogP contribution in [0.5, 0.6) is 5.75 Å². The van der Waals surface area contributed by atoms with Crippen LogP contribution in [-0.2, 0) is 9.53 Å². The first-order valence-corrected chi connectivity index (χ1v) is 7.15. The van der Waals surface area contributed by atoms with Gasteiger partial charge in [0, 0.05) is 24.7 Å². The summed E-state index contributed by atoms with van der Waals surface area (Å²) in [5.74, 6) is 0.801. The van der Waals surface area contributed by atoms with Crippen molar-refractivity contribution >= 4 is 5.91 Å². The number of carbonyl (C=O) groups excluding carboxylic acids is 1. The SMILES string of the molecule is O=C(NCC1COCCN1)C1CCOc2ccccc21. The van der Waals surface area contributed by atoms with Crippen molar-refractivity contribution in [3.8, 4) is 5.75 Å². The third kappa shape index (κ3) is 2.94. The Morgan fingerprint density at radius 3 is 3.10 bits per heavy atom. The Morgan fingerprint density at radius 2 is 2.25 bits per heavy atom. The van der Waals surface area contributed by atoms with E-state index in [0.29, 0.717) is 19.8 Å². The Bertz CT molecular complexity index is 472. The quantitative estimate of drug-likeness (QED) is 0.851. The number of morpholine rings is 1. The van der Waals surface area contributed by atoms with Gasteiger partial charge in [-0.25, -0.2) is 0 Å². The second-order valence-electron chi connectivity index (χ2n) is 5.20. The topological polar surface area (TPSA) is 59.6 Å². The van der Waals surface area contributed by atoms with Crippen LogP contribution in [-0.4, -0.2) is 44.9 Å². The molecule has 1 aromatic rings. The number of hydrogen-bond donors (Lipinski definition) is 2. The highest BCUT2D eigenvalue weighted by molar-refractivity contribution is 5.84. The lowest BCUT2D eigenvalue weighted by molar-refractivity contribution is -0.123. The summed E-state index contributed by atoms with van der Waals surface area (Å²) in [5.41, 5.74) is 0.990. The number of amides is 1. The fraction of sp³-hybridized carbons (Fsp3) is 0.533. The first-order valence-electron chi connectivity index (χ1n) is 7.15. The van der Waals surface area contributed by atoms with E-state index in [0.717, 1.165) is 30.9 Å². The van der Waals surface area contributed by atoms with Crippen molar-refractivity contribution in [3.63, 3.8) is 0 Å². The molecule has 1 saturated heterocycles. The Balaban J connectivity index is 1.60. The number of hydrogen-bond acceptors (Lipinski definition) is 4. The van der Waals surface area contributed by atoms with Crippen molar-refractivity contribution in [2.75, 3.05) is 32.9 Å². The van der Waals surface area contributed by atoms with E-state index in [1.54, 1.807) is 0 Å². The molecule has 2 unspecified atom stereocenters. The van der Waals surface area contributed by atoms with Crippen LogP contribution < -0.4 is 15.4 Å². The number of benzene rings is 1. The van der Waals surface area contributed by atoms with Crippen LogP contribution in [0.15, 0.2) is 24.3 Å². The van der Waals surface area contributed by atoms with E-state index in [-0.39, 0.29) is 17.9 Å². The van der Waals surface area contributed by atoms with Crippen LogP contribution in [0.1, 0.15) is 17.9 Å². The zero-order valence-electron chi connectivity index (χ0n) is 11.4. The van der Waals surface area contributed by atoms with Gasteiger partial charge in [0.2, 0.25) is 5.91 Å². The van der Waals surface area contributed by atoms with Crippen LogP contribution in [0.3, 0.4) is 0 Å². The van der Waals surface area contributed by atoms with E-state index in [9.17, 15) is 4.79 Å². The molecule has 2 atom stereocenters. The molecule has 2 aliphatic heterocycles. The first-order chi connectivity index (χ1) is 9.84. The maximum atomic E-state index is 12.4. The van der Waals surface area contributed by atoms with E-state index in [2.05, 4.69) is 10.6 Å². The second kappa shape index (κ2) is 6.24. The molecule has 1 fully saturated rings. The lowest BCUT2D eigenvalue weighted by Gasteiger charge is -2.27. The molecule has 0 aliphatic carbocycles. The number of carbonyl (C=O) groups is 1. The van der Waals surface area contributed by atoms with Gasteiger partial charge >= 0.3 is 0 Å². The summed E-state index contributed by atoms with van der Waals surface area (Å²) >= 11 is 0. The van der Waals surface area contributed by atoms with E-state index in [1.807, 2.05) is 24.3 Å². The highest BCUT2D eigenvalue weighted by atomic mass is 16.5. The summed E-state index contributed by atoms with van der Waals surface area (Å²) < 4.78 is 11.0. The molecular weight excluding hydrogens is 256 g/mol. The van der Waals surface area contributed by atoms with Crippen LogP contribution in [0.25, 0.3) is 0 Å². The first kappa shape index (κ1) is 13.4. The van der Waals surface area contributed by atoms with Gasteiger partial charge < -0.3 is 20.1 Å². The average Bonchev–Trinajstić information content (AvgIpc) is 2.53.